The molecular weight excluding hydrogens is 164 g/mol. The van der Waals surface area contributed by atoms with Crippen LogP contribution in [0.2, 0.25) is 0 Å². The van der Waals surface area contributed by atoms with Crippen LogP contribution < -0.4 is 22.1 Å². The van der Waals surface area contributed by atoms with Crippen LogP contribution in [0, 0.1) is 5.41 Å². The van der Waals surface area contributed by atoms with Crippen molar-refractivity contribution >= 4 is 0 Å². The van der Waals surface area contributed by atoms with Gasteiger partial charge in [-0.2, -0.15) is 0 Å². The van der Waals surface area contributed by atoms with Gasteiger partial charge in [0, 0.05) is 25.7 Å². The lowest BCUT2D eigenvalue weighted by atomic mass is 9.91. The number of nitrogens with one attached hydrogen (secondary N) is 2. The van der Waals surface area contributed by atoms with E-state index in [2.05, 4.69) is 24.5 Å². The number of hydrogen-bond donors (Lipinski definition) is 4. The number of hydrogen-bond acceptors (Lipinski definition) is 4. The number of rotatable bonds is 1. The summed E-state index contributed by atoms with van der Waals surface area (Å²) in [7, 11) is 0. The molecule has 4 nitrogen and oxygen atoms in total. The fourth-order valence-corrected chi connectivity index (χ4v) is 1.54. The molecule has 0 saturated carbocycles. The largest absolute Gasteiger partial charge is 0.329 e. The normalized spacial score (nSPS) is 35.1. The zero-order valence-electron chi connectivity index (χ0n) is 8.64. The molecule has 13 heavy (non-hydrogen) atoms. The monoisotopic (exact) mass is 186 g/mol. The zero-order valence-corrected chi connectivity index (χ0v) is 8.64. The molecule has 78 valence electrons. The zero-order chi connectivity index (χ0) is 9.90. The minimum absolute atomic E-state index is 0.0700. The fraction of sp³-hybridized carbons (Fsp3) is 1.00. The molecular formula is C9H22N4. The van der Waals surface area contributed by atoms with Crippen LogP contribution in [0.15, 0.2) is 0 Å². The molecule has 0 aromatic heterocycles. The van der Waals surface area contributed by atoms with E-state index < -0.39 is 0 Å². The van der Waals surface area contributed by atoms with E-state index in [0.29, 0.717) is 12.6 Å². The van der Waals surface area contributed by atoms with Gasteiger partial charge in [-0.25, -0.2) is 0 Å². The van der Waals surface area contributed by atoms with Gasteiger partial charge in [-0.3, -0.25) is 0 Å². The van der Waals surface area contributed by atoms with Crippen LogP contribution in [0.1, 0.15) is 20.3 Å². The first kappa shape index (κ1) is 10.9. The van der Waals surface area contributed by atoms with Gasteiger partial charge in [-0.05, 0) is 11.8 Å². The van der Waals surface area contributed by atoms with E-state index in [-0.39, 0.29) is 11.6 Å². The second-order valence-electron chi connectivity index (χ2n) is 4.70. The van der Waals surface area contributed by atoms with Gasteiger partial charge in [0.1, 0.15) is 0 Å². The molecule has 0 amide bonds. The van der Waals surface area contributed by atoms with Crippen molar-refractivity contribution in [2.24, 2.45) is 16.9 Å². The first-order valence-corrected chi connectivity index (χ1v) is 4.96. The van der Waals surface area contributed by atoms with Crippen molar-refractivity contribution in [3.63, 3.8) is 0 Å². The van der Waals surface area contributed by atoms with Crippen molar-refractivity contribution in [2.75, 3.05) is 19.6 Å². The maximum atomic E-state index is 5.88. The van der Waals surface area contributed by atoms with Gasteiger partial charge in [0.2, 0.25) is 0 Å². The lowest BCUT2D eigenvalue weighted by Crippen LogP contribution is -2.55. The summed E-state index contributed by atoms with van der Waals surface area (Å²) in [6.07, 6.45) is 0.979. The van der Waals surface area contributed by atoms with E-state index in [1.807, 2.05) is 0 Å². The molecule has 1 fully saturated rings. The second-order valence-corrected chi connectivity index (χ2v) is 4.70. The summed E-state index contributed by atoms with van der Waals surface area (Å²) < 4.78 is 0. The first-order valence-electron chi connectivity index (χ1n) is 4.96. The SMILES string of the molecule is CC1(C)CNC(N)CC(CN)NC1. The van der Waals surface area contributed by atoms with Crippen molar-refractivity contribution < 1.29 is 0 Å². The van der Waals surface area contributed by atoms with Gasteiger partial charge in [0.15, 0.2) is 0 Å². The summed E-state index contributed by atoms with van der Waals surface area (Å²) >= 11 is 0. The minimum atomic E-state index is 0.0700. The van der Waals surface area contributed by atoms with E-state index in [1.165, 1.54) is 0 Å². The lowest BCUT2D eigenvalue weighted by Gasteiger charge is -2.34. The Morgan fingerprint density at radius 3 is 2.54 bits per heavy atom. The predicted octanol–water partition coefficient (Wildman–Crippen LogP) is -0.792. The highest BCUT2D eigenvalue weighted by molar-refractivity contribution is 4.84. The quantitative estimate of drug-likeness (QED) is 0.433. The van der Waals surface area contributed by atoms with E-state index >= 15 is 0 Å². The van der Waals surface area contributed by atoms with Gasteiger partial charge < -0.3 is 22.1 Å². The van der Waals surface area contributed by atoms with Gasteiger partial charge in [-0.15, -0.1) is 0 Å². The third-order valence-corrected chi connectivity index (χ3v) is 2.54. The summed E-state index contributed by atoms with van der Waals surface area (Å²) in [6.45, 7) is 7.05. The third-order valence-electron chi connectivity index (χ3n) is 2.54. The van der Waals surface area contributed by atoms with E-state index in [0.717, 1.165) is 19.5 Å². The van der Waals surface area contributed by atoms with Crippen molar-refractivity contribution in [3.8, 4) is 0 Å². The fourth-order valence-electron chi connectivity index (χ4n) is 1.54. The summed E-state index contributed by atoms with van der Waals surface area (Å²) in [5.74, 6) is 0. The Bertz CT molecular complexity index is 158. The molecule has 1 saturated heterocycles. The molecule has 1 heterocycles. The average molecular weight is 186 g/mol. The molecule has 1 rings (SSSR count). The van der Waals surface area contributed by atoms with Crippen LogP contribution >= 0.6 is 0 Å². The van der Waals surface area contributed by atoms with E-state index in [4.69, 9.17) is 11.5 Å². The Morgan fingerprint density at radius 1 is 1.31 bits per heavy atom. The Balaban J connectivity index is 2.50. The highest BCUT2D eigenvalue weighted by atomic mass is 15.1. The van der Waals surface area contributed by atoms with Crippen LogP contribution in [0.4, 0.5) is 0 Å². The van der Waals surface area contributed by atoms with E-state index in [1.54, 1.807) is 0 Å². The highest BCUT2D eigenvalue weighted by Gasteiger charge is 2.24. The highest BCUT2D eigenvalue weighted by Crippen LogP contribution is 2.14. The van der Waals surface area contributed by atoms with E-state index in [9.17, 15) is 0 Å². The topological polar surface area (TPSA) is 76.1 Å². The van der Waals surface area contributed by atoms with Gasteiger partial charge in [0.05, 0.1) is 6.17 Å². The van der Waals surface area contributed by atoms with Crippen LogP contribution in [-0.2, 0) is 0 Å². The minimum Gasteiger partial charge on any atom is -0.329 e. The standard InChI is InChI=1S/C9H22N4/c1-9(2)5-12-7(4-10)3-8(11)13-6-9/h7-8,12-13H,3-6,10-11H2,1-2H3. The van der Waals surface area contributed by atoms with Gasteiger partial charge in [0.25, 0.3) is 0 Å². The van der Waals surface area contributed by atoms with Crippen LogP contribution in [0.5, 0.6) is 0 Å². The third kappa shape index (κ3) is 3.60. The van der Waals surface area contributed by atoms with Crippen molar-refractivity contribution in [1.82, 2.24) is 10.6 Å². The van der Waals surface area contributed by atoms with Crippen molar-refractivity contribution in [2.45, 2.75) is 32.5 Å². The maximum Gasteiger partial charge on any atom is 0.0561 e. The van der Waals surface area contributed by atoms with Crippen LogP contribution in [0.3, 0.4) is 0 Å². The van der Waals surface area contributed by atoms with Gasteiger partial charge >= 0.3 is 0 Å². The summed E-state index contributed by atoms with van der Waals surface area (Å²) in [5, 5.41) is 6.77. The molecule has 0 radical (unpaired) electrons. The number of nitrogens with two attached hydrogens (primary N) is 2. The molecule has 2 atom stereocenters. The van der Waals surface area contributed by atoms with Crippen LogP contribution in [0.25, 0.3) is 0 Å². The van der Waals surface area contributed by atoms with Crippen LogP contribution in [-0.4, -0.2) is 31.8 Å². The lowest BCUT2D eigenvalue weighted by molar-refractivity contribution is 0.245. The Hall–Kier alpha value is -0.160. The molecule has 2 unspecified atom stereocenters. The Labute approximate surface area is 80.4 Å². The Kier molecular flexibility index (Phi) is 3.67. The smallest absolute Gasteiger partial charge is 0.0561 e. The van der Waals surface area contributed by atoms with Crippen molar-refractivity contribution in [3.05, 3.63) is 0 Å². The Morgan fingerprint density at radius 2 is 1.92 bits per heavy atom. The molecule has 0 aromatic carbocycles. The molecule has 0 bridgehead atoms. The summed E-state index contributed by atoms with van der Waals surface area (Å²) in [4.78, 5) is 0. The van der Waals surface area contributed by atoms with Gasteiger partial charge in [-0.1, -0.05) is 13.8 Å². The molecule has 0 spiro atoms. The average Bonchev–Trinajstić information content (AvgIpc) is 2.07. The molecule has 6 N–H and O–H groups in total. The first-order chi connectivity index (χ1) is 6.03. The molecule has 0 aliphatic carbocycles. The molecule has 1 aliphatic heterocycles. The summed E-state index contributed by atoms with van der Waals surface area (Å²) in [6, 6.07) is 0.349. The predicted molar refractivity (Wildman–Crippen MR) is 55.2 cm³/mol. The maximum absolute atomic E-state index is 5.88. The molecule has 0 aromatic rings. The molecule has 1 aliphatic rings. The molecule has 4 heteroatoms. The van der Waals surface area contributed by atoms with Crippen molar-refractivity contribution in [1.29, 1.82) is 0 Å². The summed E-state index contributed by atoms with van der Waals surface area (Å²) in [5.41, 5.74) is 11.8. The second kappa shape index (κ2) is 4.37.